The molecule has 0 unspecified atom stereocenters. The molecule has 1 aliphatic rings. The van der Waals surface area contributed by atoms with Gasteiger partial charge in [0.15, 0.2) is 0 Å². The molecular formula is C19H29N3O. The molecule has 1 aromatic carbocycles. The van der Waals surface area contributed by atoms with E-state index in [2.05, 4.69) is 11.0 Å². The molecule has 2 rings (SSSR count). The van der Waals surface area contributed by atoms with E-state index in [9.17, 15) is 5.11 Å². The first-order chi connectivity index (χ1) is 11.1. The largest absolute Gasteiger partial charge is 0.390 e. The van der Waals surface area contributed by atoms with E-state index >= 15 is 0 Å². The van der Waals surface area contributed by atoms with Crippen LogP contribution >= 0.6 is 0 Å². The highest BCUT2D eigenvalue weighted by atomic mass is 16.3. The molecule has 23 heavy (non-hydrogen) atoms. The zero-order valence-electron chi connectivity index (χ0n) is 14.1. The standard InChI is InChI=1S/C19H29N3O/c1-22(13-17-9-7-16(12-20)8-10-17)14-19(23)18(21)11-15-5-3-2-4-6-15/h7-10,15,18-19,23H,2-6,11,13-14,21H2,1H3/t18-,19+/m0/s1. The van der Waals surface area contributed by atoms with Gasteiger partial charge < -0.3 is 10.8 Å². The van der Waals surface area contributed by atoms with Crippen molar-refractivity contribution in [3.8, 4) is 6.07 Å². The van der Waals surface area contributed by atoms with Crippen molar-refractivity contribution in [2.75, 3.05) is 13.6 Å². The molecule has 126 valence electrons. The van der Waals surface area contributed by atoms with Crippen molar-refractivity contribution < 1.29 is 5.11 Å². The minimum Gasteiger partial charge on any atom is -0.390 e. The van der Waals surface area contributed by atoms with Gasteiger partial charge in [-0.2, -0.15) is 5.26 Å². The Hall–Kier alpha value is -1.41. The molecule has 0 radical (unpaired) electrons. The number of hydrogen-bond acceptors (Lipinski definition) is 4. The lowest BCUT2D eigenvalue weighted by Crippen LogP contribution is -2.43. The normalized spacial score (nSPS) is 18.6. The SMILES string of the molecule is CN(Cc1ccc(C#N)cc1)C[C@@H](O)[C@@H](N)CC1CCCCC1. The topological polar surface area (TPSA) is 73.3 Å². The van der Waals surface area contributed by atoms with Gasteiger partial charge in [-0.05, 0) is 37.1 Å². The number of aliphatic hydroxyl groups excluding tert-OH is 1. The summed E-state index contributed by atoms with van der Waals surface area (Å²) in [6.45, 7) is 1.33. The van der Waals surface area contributed by atoms with E-state index in [0.29, 0.717) is 18.0 Å². The summed E-state index contributed by atoms with van der Waals surface area (Å²) in [5, 5.41) is 19.2. The van der Waals surface area contributed by atoms with Crippen LogP contribution in [0.4, 0.5) is 0 Å². The lowest BCUT2D eigenvalue weighted by molar-refractivity contribution is 0.0877. The van der Waals surface area contributed by atoms with E-state index in [0.717, 1.165) is 18.5 Å². The van der Waals surface area contributed by atoms with Crippen molar-refractivity contribution in [2.24, 2.45) is 11.7 Å². The second-order valence-corrected chi connectivity index (χ2v) is 6.98. The Labute approximate surface area is 139 Å². The van der Waals surface area contributed by atoms with Gasteiger partial charge in [-0.15, -0.1) is 0 Å². The number of likely N-dealkylation sites (N-methyl/N-ethyl adjacent to an activating group) is 1. The Morgan fingerprint density at radius 3 is 2.52 bits per heavy atom. The van der Waals surface area contributed by atoms with Gasteiger partial charge in [0, 0.05) is 19.1 Å². The number of rotatable bonds is 7. The molecule has 2 atom stereocenters. The van der Waals surface area contributed by atoms with Crippen LogP contribution in [0, 0.1) is 17.2 Å². The van der Waals surface area contributed by atoms with E-state index in [4.69, 9.17) is 11.0 Å². The van der Waals surface area contributed by atoms with Gasteiger partial charge in [0.25, 0.3) is 0 Å². The first-order valence-electron chi connectivity index (χ1n) is 8.69. The van der Waals surface area contributed by atoms with Crippen LogP contribution in [0.15, 0.2) is 24.3 Å². The van der Waals surface area contributed by atoms with E-state index < -0.39 is 6.10 Å². The van der Waals surface area contributed by atoms with Crippen LogP contribution in [-0.2, 0) is 6.54 Å². The number of nitrogens with two attached hydrogens (primary N) is 1. The highest BCUT2D eigenvalue weighted by Crippen LogP contribution is 2.27. The van der Waals surface area contributed by atoms with Gasteiger partial charge in [0.05, 0.1) is 17.7 Å². The fraction of sp³-hybridized carbons (Fsp3) is 0.632. The zero-order valence-corrected chi connectivity index (χ0v) is 14.1. The van der Waals surface area contributed by atoms with Gasteiger partial charge in [0.2, 0.25) is 0 Å². The van der Waals surface area contributed by atoms with Crippen molar-refractivity contribution in [2.45, 2.75) is 57.2 Å². The zero-order chi connectivity index (χ0) is 16.7. The number of nitrogens with zero attached hydrogens (tertiary/aromatic N) is 2. The molecule has 0 heterocycles. The van der Waals surface area contributed by atoms with Crippen molar-refractivity contribution in [1.82, 2.24) is 4.90 Å². The van der Waals surface area contributed by atoms with Gasteiger partial charge in [-0.1, -0.05) is 44.2 Å². The first kappa shape index (κ1) is 17.9. The van der Waals surface area contributed by atoms with Crippen LogP contribution in [0.2, 0.25) is 0 Å². The molecule has 4 heteroatoms. The summed E-state index contributed by atoms with van der Waals surface area (Å²) in [5.74, 6) is 0.692. The lowest BCUT2D eigenvalue weighted by Gasteiger charge is -2.29. The number of hydrogen-bond donors (Lipinski definition) is 2. The Bertz CT molecular complexity index is 502. The summed E-state index contributed by atoms with van der Waals surface area (Å²) in [6.07, 6.45) is 6.95. The Balaban J connectivity index is 1.76. The third kappa shape index (κ3) is 5.95. The van der Waals surface area contributed by atoms with Crippen LogP contribution in [0.25, 0.3) is 0 Å². The average molecular weight is 315 g/mol. The van der Waals surface area contributed by atoms with Crippen LogP contribution in [0.1, 0.15) is 49.7 Å². The van der Waals surface area contributed by atoms with Crippen molar-refractivity contribution >= 4 is 0 Å². The van der Waals surface area contributed by atoms with Crippen LogP contribution in [-0.4, -0.2) is 35.7 Å². The molecule has 1 fully saturated rings. The van der Waals surface area contributed by atoms with Gasteiger partial charge in [-0.3, -0.25) is 4.90 Å². The maximum Gasteiger partial charge on any atom is 0.0991 e. The Morgan fingerprint density at radius 1 is 1.26 bits per heavy atom. The maximum absolute atomic E-state index is 10.4. The molecule has 1 aliphatic carbocycles. The quantitative estimate of drug-likeness (QED) is 0.811. The van der Waals surface area contributed by atoms with Gasteiger partial charge >= 0.3 is 0 Å². The Morgan fingerprint density at radius 2 is 1.91 bits per heavy atom. The van der Waals surface area contributed by atoms with E-state index in [1.807, 2.05) is 31.3 Å². The molecule has 1 aromatic rings. The van der Waals surface area contributed by atoms with E-state index in [-0.39, 0.29) is 6.04 Å². The molecule has 1 saturated carbocycles. The summed E-state index contributed by atoms with van der Waals surface area (Å²) >= 11 is 0. The molecule has 4 nitrogen and oxygen atoms in total. The minimum absolute atomic E-state index is 0.137. The molecule has 0 saturated heterocycles. The lowest BCUT2D eigenvalue weighted by atomic mass is 9.84. The summed E-state index contributed by atoms with van der Waals surface area (Å²) < 4.78 is 0. The van der Waals surface area contributed by atoms with Gasteiger partial charge in [-0.25, -0.2) is 0 Å². The summed E-state index contributed by atoms with van der Waals surface area (Å²) in [5.41, 5.74) is 8.03. The first-order valence-corrected chi connectivity index (χ1v) is 8.69. The monoisotopic (exact) mass is 315 g/mol. The highest BCUT2D eigenvalue weighted by Gasteiger charge is 2.22. The molecule has 0 amide bonds. The number of nitriles is 1. The molecule has 0 aromatic heterocycles. The minimum atomic E-state index is -0.486. The third-order valence-corrected chi connectivity index (χ3v) is 4.86. The average Bonchev–Trinajstić information content (AvgIpc) is 2.56. The fourth-order valence-electron chi connectivity index (χ4n) is 3.48. The maximum atomic E-state index is 10.4. The second-order valence-electron chi connectivity index (χ2n) is 6.98. The van der Waals surface area contributed by atoms with E-state index in [1.54, 1.807) is 0 Å². The van der Waals surface area contributed by atoms with Gasteiger partial charge in [0.1, 0.15) is 0 Å². The summed E-state index contributed by atoms with van der Waals surface area (Å²) in [4.78, 5) is 2.09. The summed E-state index contributed by atoms with van der Waals surface area (Å²) in [6, 6.07) is 9.56. The summed E-state index contributed by atoms with van der Waals surface area (Å²) in [7, 11) is 1.99. The van der Waals surface area contributed by atoms with E-state index in [1.165, 1.54) is 32.1 Å². The highest BCUT2D eigenvalue weighted by molar-refractivity contribution is 5.31. The predicted octanol–water partition coefficient (Wildman–Crippen LogP) is 2.65. The molecule has 0 aliphatic heterocycles. The van der Waals surface area contributed by atoms with Crippen LogP contribution in [0.5, 0.6) is 0 Å². The third-order valence-electron chi connectivity index (χ3n) is 4.86. The molecule has 3 N–H and O–H groups in total. The fourth-order valence-corrected chi connectivity index (χ4v) is 3.48. The number of aliphatic hydroxyl groups is 1. The smallest absolute Gasteiger partial charge is 0.0991 e. The molecular weight excluding hydrogens is 286 g/mol. The van der Waals surface area contributed by atoms with Crippen molar-refractivity contribution in [3.63, 3.8) is 0 Å². The number of benzene rings is 1. The van der Waals surface area contributed by atoms with Crippen molar-refractivity contribution in [1.29, 1.82) is 5.26 Å². The molecule has 0 bridgehead atoms. The molecule has 0 spiro atoms. The Kier molecular flexibility index (Phi) is 7.04. The van der Waals surface area contributed by atoms with Crippen molar-refractivity contribution in [3.05, 3.63) is 35.4 Å². The predicted molar refractivity (Wildman–Crippen MR) is 92.7 cm³/mol. The van der Waals surface area contributed by atoms with Crippen LogP contribution < -0.4 is 5.73 Å². The van der Waals surface area contributed by atoms with Crippen LogP contribution in [0.3, 0.4) is 0 Å². The second kappa shape index (κ2) is 9.02.